The molecule has 0 amide bonds. The number of nitrogens with zero attached hydrogens (tertiary/aromatic N) is 2. The molecule has 0 aliphatic carbocycles. The molecule has 2 heterocycles. The molecule has 1 aromatic heterocycles. The molecule has 1 aromatic carbocycles. The molecular weight excluding hydrogens is 307 g/mol. The molecule has 0 saturated heterocycles. The molecule has 0 N–H and O–H groups in total. The van der Waals surface area contributed by atoms with E-state index in [4.69, 9.17) is 4.74 Å². The van der Waals surface area contributed by atoms with Crippen LogP contribution in [0.4, 0.5) is 10.2 Å². The first-order valence-corrected chi connectivity index (χ1v) is 8.22. The highest BCUT2D eigenvalue weighted by molar-refractivity contribution is 7.92. The number of aromatic nitrogens is 1. The van der Waals surface area contributed by atoms with Crippen molar-refractivity contribution in [1.29, 1.82) is 0 Å². The topological polar surface area (TPSA) is 59.5 Å². The summed E-state index contributed by atoms with van der Waals surface area (Å²) in [4.78, 5) is 3.91. The zero-order valence-corrected chi connectivity index (χ0v) is 13.0. The monoisotopic (exact) mass is 322 g/mol. The van der Waals surface area contributed by atoms with Crippen LogP contribution in [0.5, 0.6) is 5.75 Å². The molecule has 3 rings (SSSR count). The van der Waals surface area contributed by atoms with E-state index in [1.807, 2.05) is 13.0 Å². The van der Waals surface area contributed by atoms with E-state index in [1.54, 1.807) is 6.07 Å². The molecule has 1 atom stereocenters. The number of para-hydroxylation sites is 1. The van der Waals surface area contributed by atoms with Crippen molar-refractivity contribution in [1.82, 2.24) is 4.98 Å². The largest absolute Gasteiger partial charge is 0.489 e. The quantitative estimate of drug-likeness (QED) is 0.870. The maximum absolute atomic E-state index is 12.9. The highest BCUT2D eigenvalue weighted by atomic mass is 32.2. The van der Waals surface area contributed by atoms with Crippen LogP contribution in [0.3, 0.4) is 0 Å². The normalized spacial score (nSPS) is 17.0. The number of benzene rings is 1. The Bertz CT molecular complexity index is 806. The van der Waals surface area contributed by atoms with Crippen LogP contribution in [0.2, 0.25) is 0 Å². The molecule has 1 unspecified atom stereocenters. The van der Waals surface area contributed by atoms with E-state index in [1.165, 1.54) is 25.2 Å². The number of hydrogen-bond acceptors (Lipinski definition) is 4. The lowest BCUT2D eigenvalue weighted by Crippen LogP contribution is -2.27. The Morgan fingerprint density at radius 3 is 2.77 bits per heavy atom. The van der Waals surface area contributed by atoms with Crippen LogP contribution < -0.4 is 9.04 Å². The molecular formula is C15H15FN2O3S. The number of halogens is 1. The van der Waals surface area contributed by atoms with Crippen LogP contribution >= 0.6 is 0 Å². The van der Waals surface area contributed by atoms with Gasteiger partial charge in [0.1, 0.15) is 28.4 Å². The van der Waals surface area contributed by atoms with Crippen molar-refractivity contribution in [2.45, 2.75) is 24.3 Å². The van der Waals surface area contributed by atoms with Crippen molar-refractivity contribution in [3.63, 3.8) is 0 Å². The van der Waals surface area contributed by atoms with E-state index >= 15 is 0 Å². The Morgan fingerprint density at radius 1 is 1.32 bits per heavy atom. The Morgan fingerprint density at radius 2 is 2.09 bits per heavy atom. The number of anilines is 1. The van der Waals surface area contributed by atoms with Gasteiger partial charge in [0.25, 0.3) is 10.0 Å². The lowest BCUT2D eigenvalue weighted by Gasteiger charge is -2.19. The Kier molecular flexibility index (Phi) is 3.52. The molecule has 7 heteroatoms. The summed E-state index contributed by atoms with van der Waals surface area (Å²) >= 11 is 0. The van der Waals surface area contributed by atoms with Gasteiger partial charge in [0.2, 0.25) is 0 Å². The number of ether oxygens (including phenoxy) is 1. The number of pyridine rings is 1. The van der Waals surface area contributed by atoms with Gasteiger partial charge in [-0.05, 0) is 30.7 Å². The molecule has 0 spiro atoms. The summed E-state index contributed by atoms with van der Waals surface area (Å²) in [5, 5.41) is 0. The summed E-state index contributed by atoms with van der Waals surface area (Å²) in [6.45, 7) is 1.89. The second kappa shape index (κ2) is 5.24. The summed E-state index contributed by atoms with van der Waals surface area (Å²) in [7, 11) is -2.45. The smallest absolute Gasteiger partial charge is 0.268 e. The minimum Gasteiger partial charge on any atom is -0.489 e. The molecule has 2 aromatic rings. The highest BCUT2D eigenvalue weighted by Crippen LogP contribution is 2.36. The second-order valence-corrected chi connectivity index (χ2v) is 7.12. The van der Waals surface area contributed by atoms with Gasteiger partial charge in [-0.25, -0.2) is 17.8 Å². The van der Waals surface area contributed by atoms with E-state index < -0.39 is 15.8 Å². The van der Waals surface area contributed by atoms with Crippen LogP contribution in [0.25, 0.3) is 0 Å². The molecule has 0 bridgehead atoms. The number of rotatable bonds is 3. The first kappa shape index (κ1) is 14.8. The van der Waals surface area contributed by atoms with E-state index in [0.29, 0.717) is 12.2 Å². The summed E-state index contributed by atoms with van der Waals surface area (Å²) in [5.41, 5.74) is 0.869. The maximum atomic E-state index is 12.9. The fourth-order valence-corrected chi connectivity index (χ4v) is 3.75. The zero-order chi connectivity index (χ0) is 15.9. The zero-order valence-electron chi connectivity index (χ0n) is 12.2. The summed E-state index contributed by atoms with van der Waals surface area (Å²) < 4.78 is 45.2. The Balaban J connectivity index is 2.04. The maximum Gasteiger partial charge on any atom is 0.268 e. The third-order valence-electron chi connectivity index (χ3n) is 3.56. The van der Waals surface area contributed by atoms with E-state index in [2.05, 4.69) is 4.98 Å². The number of sulfonamides is 1. The van der Waals surface area contributed by atoms with Crippen LogP contribution in [0.15, 0.2) is 41.4 Å². The molecule has 1 aliphatic heterocycles. The van der Waals surface area contributed by atoms with Gasteiger partial charge in [-0.3, -0.25) is 4.31 Å². The van der Waals surface area contributed by atoms with E-state index in [0.717, 1.165) is 16.1 Å². The van der Waals surface area contributed by atoms with Crippen molar-refractivity contribution in [3.8, 4) is 5.75 Å². The van der Waals surface area contributed by atoms with Crippen LogP contribution in [-0.4, -0.2) is 26.6 Å². The van der Waals surface area contributed by atoms with Crippen LogP contribution in [-0.2, 0) is 16.4 Å². The molecule has 0 radical (unpaired) electrons. The lowest BCUT2D eigenvalue weighted by molar-refractivity contribution is 0.249. The van der Waals surface area contributed by atoms with Gasteiger partial charge in [-0.2, -0.15) is 0 Å². The predicted molar refractivity (Wildman–Crippen MR) is 80.0 cm³/mol. The summed E-state index contributed by atoms with van der Waals surface area (Å²) in [6.07, 6.45) is 1.60. The molecule has 0 fully saturated rings. The Labute approximate surface area is 128 Å². The SMILES string of the molecule is CC1Cc2cccc(S(=O)(=O)N(C)c3ccc(F)cn3)c2O1. The van der Waals surface area contributed by atoms with Crippen molar-refractivity contribution in [2.24, 2.45) is 0 Å². The highest BCUT2D eigenvalue weighted by Gasteiger charge is 2.31. The minimum absolute atomic E-state index is 0.0550. The third-order valence-corrected chi connectivity index (χ3v) is 5.35. The van der Waals surface area contributed by atoms with Crippen LogP contribution in [0.1, 0.15) is 12.5 Å². The van der Waals surface area contributed by atoms with Gasteiger partial charge in [-0.1, -0.05) is 12.1 Å². The molecule has 22 heavy (non-hydrogen) atoms. The molecule has 0 saturated carbocycles. The van der Waals surface area contributed by atoms with Gasteiger partial charge < -0.3 is 4.74 Å². The van der Waals surface area contributed by atoms with Gasteiger partial charge >= 0.3 is 0 Å². The third kappa shape index (κ3) is 2.41. The van der Waals surface area contributed by atoms with Crippen molar-refractivity contribution >= 4 is 15.8 Å². The molecule has 1 aliphatic rings. The van der Waals surface area contributed by atoms with Gasteiger partial charge in [0, 0.05) is 13.5 Å². The fourth-order valence-electron chi connectivity index (χ4n) is 2.44. The number of hydrogen-bond donors (Lipinski definition) is 0. The van der Waals surface area contributed by atoms with Crippen molar-refractivity contribution < 1.29 is 17.5 Å². The van der Waals surface area contributed by atoms with Crippen LogP contribution in [0, 0.1) is 5.82 Å². The minimum atomic E-state index is -3.83. The molecule has 116 valence electrons. The average Bonchev–Trinajstić information content (AvgIpc) is 2.87. The van der Waals surface area contributed by atoms with Gasteiger partial charge in [-0.15, -0.1) is 0 Å². The average molecular weight is 322 g/mol. The predicted octanol–water partition coefficient (Wildman–Crippen LogP) is 2.37. The summed E-state index contributed by atoms with van der Waals surface area (Å²) in [6, 6.07) is 7.54. The first-order valence-electron chi connectivity index (χ1n) is 6.78. The first-order chi connectivity index (χ1) is 10.4. The van der Waals surface area contributed by atoms with Crippen molar-refractivity contribution in [2.75, 3.05) is 11.4 Å². The number of fused-ring (bicyclic) bond motifs is 1. The fraction of sp³-hybridized carbons (Fsp3) is 0.267. The molecule has 5 nitrogen and oxygen atoms in total. The van der Waals surface area contributed by atoms with E-state index in [-0.39, 0.29) is 16.8 Å². The van der Waals surface area contributed by atoms with E-state index in [9.17, 15) is 12.8 Å². The van der Waals surface area contributed by atoms with Gasteiger partial charge in [0.15, 0.2) is 0 Å². The Hall–Kier alpha value is -2.15. The lowest BCUT2D eigenvalue weighted by atomic mass is 10.1. The summed E-state index contributed by atoms with van der Waals surface area (Å²) in [5.74, 6) is 0.0151. The standard InChI is InChI=1S/C15H15FN2O3S/c1-10-8-11-4-3-5-13(15(11)21-10)22(19,20)18(2)14-7-6-12(16)9-17-14/h3-7,9-10H,8H2,1-2H3. The second-order valence-electron chi connectivity index (χ2n) is 5.18. The van der Waals surface area contributed by atoms with Crippen molar-refractivity contribution in [3.05, 3.63) is 47.9 Å². The van der Waals surface area contributed by atoms with Gasteiger partial charge in [0.05, 0.1) is 6.20 Å².